The zero-order valence-electron chi connectivity index (χ0n) is 16.9. The van der Waals surface area contributed by atoms with Gasteiger partial charge in [-0.3, -0.25) is 9.59 Å². The number of rotatable bonds is 9. The first-order valence-corrected chi connectivity index (χ1v) is 9.55. The second-order valence-electron chi connectivity index (χ2n) is 6.46. The lowest BCUT2D eigenvalue weighted by Crippen LogP contribution is -2.32. The van der Waals surface area contributed by atoms with Crippen LogP contribution < -0.4 is 20.1 Å². The normalized spacial score (nSPS) is 10.3. The van der Waals surface area contributed by atoms with Crippen LogP contribution in [-0.4, -0.2) is 34.5 Å². The summed E-state index contributed by atoms with van der Waals surface area (Å²) < 4.78 is 12.9. The molecule has 0 saturated heterocycles. The number of nitrogens with one attached hydrogen (secondary N) is 2. The molecule has 0 aliphatic carbocycles. The molecule has 0 radical (unpaired) electrons. The number of ether oxygens (including phenoxy) is 2. The average Bonchev–Trinajstić information content (AvgIpc) is 3.17. The molecule has 2 N–H and O–H groups in total. The van der Waals surface area contributed by atoms with E-state index in [0.717, 1.165) is 5.82 Å². The summed E-state index contributed by atoms with van der Waals surface area (Å²) in [6.45, 7) is 2.67. The molecule has 0 spiro atoms. The van der Waals surface area contributed by atoms with E-state index in [1.54, 1.807) is 54.7 Å². The maximum Gasteiger partial charge on any atom is 0.251 e. The Kier molecular flexibility index (Phi) is 7.05. The predicted molar refractivity (Wildman–Crippen MR) is 113 cm³/mol. The van der Waals surface area contributed by atoms with Crippen LogP contribution in [0.2, 0.25) is 0 Å². The van der Waals surface area contributed by atoms with Crippen molar-refractivity contribution < 1.29 is 19.1 Å². The molecule has 0 atom stereocenters. The molecule has 30 heavy (non-hydrogen) atoms. The van der Waals surface area contributed by atoms with Gasteiger partial charge in [-0.1, -0.05) is 0 Å². The van der Waals surface area contributed by atoms with E-state index in [0.29, 0.717) is 36.0 Å². The summed E-state index contributed by atoms with van der Waals surface area (Å²) in [6.07, 6.45) is 3.57. The van der Waals surface area contributed by atoms with Crippen LogP contribution in [0, 0.1) is 0 Å². The number of carbonyl (C=O) groups excluding carboxylic acids is 2. The molecule has 0 bridgehead atoms. The fourth-order valence-corrected chi connectivity index (χ4v) is 2.65. The zero-order chi connectivity index (χ0) is 21.3. The molecule has 1 heterocycles. The molecule has 0 aliphatic heterocycles. The molecular weight excluding hydrogens is 384 g/mol. The van der Waals surface area contributed by atoms with Crippen LogP contribution in [0.4, 0.5) is 5.69 Å². The van der Waals surface area contributed by atoms with Gasteiger partial charge in [0.25, 0.3) is 5.91 Å². The Bertz CT molecular complexity index is 981. The molecule has 0 aliphatic rings. The minimum Gasteiger partial charge on any atom is -0.494 e. The number of hydrogen-bond acceptors (Lipinski definition) is 5. The van der Waals surface area contributed by atoms with Gasteiger partial charge >= 0.3 is 0 Å². The van der Waals surface area contributed by atoms with Gasteiger partial charge in [-0.2, -0.15) is 0 Å². The highest BCUT2D eigenvalue weighted by molar-refractivity contribution is 5.99. The van der Waals surface area contributed by atoms with E-state index in [2.05, 4.69) is 15.6 Å². The number of aromatic nitrogens is 2. The number of benzene rings is 2. The molecule has 8 heteroatoms. The van der Waals surface area contributed by atoms with Crippen molar-refractivity contribution in [1.29, 1.82) is 0 Å². The van der Waals surface area contributed by atoms with Crippen molar-refractivity contribution in [3.8, 4) is 11.5 Å². The highest BCUT2D eigenvalue weighted by Crippen LogP contribution is 2.17. The molecule has 0 fully saturated rings. The first kappa shape index (κ1) is 20.9. The van der Waals surface area contributed by atoms with Crippen LogP contribution in [0.15, 0.2) is 60.9 Å². The average molecular weight is 408 g/mol. The third-order valence-corrected chi connectivity index (χ3v) is 4.26. The smallest absolute Gasteiger partial charge is 0.251 e. The van der Waals surface area contributed by atoms with Crippen molar-refractivity contribution >= 4 is 17.5 Å². The number of aryl methyl sites for hydroxylation is 1. The largest absolute Gasteiger partial charge is 0.494 e. The van der Waals surface area contributed by atoms with Gasteiger partial charge < -0.3 is 24.7 Å². The molecule has 8 nitrogen and oxygen atoms in total. The zero-order valence-corrected chi connectivity index (χ0v) is 16.9. The maximum absolute atomic E-state index is 12.2. The third-order valence-electron chi connectivity index (χ3n) is 4.26. The summed E-state index contributed by atoms with van der Waals surface area (Å²) >= 11 is 0. The summed E-state index contributed by atoms with van der Waals surface area (Å²) in [5, 5.41) is 5.33. The Morgan fingerprint density at radius 1 is 1.00 bits per heavy atom. The van der Waals surface area contributed by atoms with Crippen LogP contribution in [0.25, 0.3) is 0 Å². The fraction of sp³-hybridized carbons (Fsp3) is 0.227. The van der Waals surface area contributed by atoms with E-state index in [-0.39, 0.29) is 18.4 Å². The number of amides is 2. The lowest BCUT2D eigenvalue weighted by Gasteiger charge is -2.09. The molecule has 1 aromatic heterocycles. The molecule has 3 aromatic rings. The monoisotopic (exact) mass is 408 g/mol. The first-order valence-electron chi connectivity index (χ1n) is 9.55. The minimum atomic E-state index is -0.328. The molecule has 3 rings (SSSR count). The van der Waals surface area contributed by atoms with Gasteiger partial charge in [0.15, 0.2) is 0 Å². The van der Waals surface area contributed by atoms with Crippen LogP contribution >= 0.6 is 0 Å². The predicted octanol–water partition coefficient (Wildman–Crippen LogP) is 2.77. The van der Waals surface area contributed by atoms with Gasteiger partial charge in [0.05, 0.1) is 13.2 Å². The summed E-state index contributed by atoms with van der Waals surface area (Å²) in [6, 6.07) is 13.7. The van der Waals surface area contributed by atoms with Gasteiger partial charge in [-0.05, 0) is 55.5 Å². The second-order valence-corrected chi connectivity index (χ2v) is 6.46. The Morgan fingerprint density at radius 3 is 2.30 bits per heavy atom. The first-order chi connectivity index (χ1) is 14.5. The molecule has 0 unspecified atom stereocenters. The van der Waals surface area contributed by atoms with E-state index >= 15 is 0 Å². The summed E-state index contributed by atoms with van der Waals surface area (Å²) in [7, 11) is 1.90. The Labute approximate surface area is 174 Å². The number of imidazole rings is 1. The Morgan fingerprint density at radius 2 is 1.67 bits per heavy atom. The third kappa shape index (κ3) is 5.84. The summed E-state index contributed by atoms with van der Waals surface area (Å²) in [5.74, 6) is 1.52. The number of anilines is 1. The van der Waals surface area contributed by atoms with Crippen LogP contribution in [0.5, 0.6) is 11.5 Å². The molecule has 0 saturated carbocycles. The van der Waals surface area contributed by atoms with Crippen molar-refractivity contribution in [3.05, 3.63) is 72.3 Å². The van der Waals surface area contributed by atoms with Crippen LogP contribution in [-0.2, 0) is 18.4 Å². The molecule has 2 aromatic carbocycles. The van der Waals surface area contributed by atoms with Crippen molar-refractivity contribution in [3.63, 3.8) is 0 Å². The molecule has 2 amide bonds. The van der Waals surface area contributed by atoms with Crippen molar-refractivity contribution in [2.45, 2.75) is 13.5 Å². The van der Waals surface area contributed by atoms with Crippen LogP contribution in [0.3, 0.4) is 0 Å². The number of nitrogens with zero attached hydrogens (tertiary/aromatic N) is 2. The van der Waals surface area contributed by atoms with Gasteiger partial charge in [0.1, 0.15) is 23.9 Å². The van der Waals surface area contributed by atoms with Crippen molar-refractivity contribution in [2.75, 3.05) is 18.5 Å². The van der Waals surface area contributed by atoms with Crippen molar-refractivity contribution in [2.24, 2.45) is 7.05 Å². The SMILES string of the molecule is CCOc1ccc(C(=O)NCC(=O)Nc2ccc(OCc3nccn3C)cc2)cc1. The Balaban J connectivity index is 1.44. The highest BCUT2D eigenvalue weighted by Gasteiger charge is 2.09. The van der Waals surface area contributed by atoms with Crippen molar-refractivity contribution in [1.82, 2.24) is 14.9 Å². The van der Waals surface area contributed by atoms with E-state index < -0.39 is 0 Å². The van der Waals surface area contributed by atoms with E-state index in [1.807, 2.05) is 24.7 Å². The van der Waals surface area contributed by atoms with Gasteiger partial charge in [0, 0.05) is 30.7 Å². The maximum atomic E-state index is 12.2. The second kappa shape index (κ2) is 10.1. The molecular formula is C22H24N4O4. The number of carbonyl (C=O) groups is 2. The highest BCUT2D eigenvalue weighted by atomic mass is 16.5. The topological polar surface area (TPSA) is 94.5 Å². The standard InChI is InChI=1S/C22H24N4O4/c1-3-29-18-8-4-16(5-9-18)22(28)24-14-21(27)25-17-6-10-19(11-7-17)30-15-20-23-12-13-26(20)2/h4-13H,3,14-15H2,1-2H3,(H,24,28)(H,25,27). The van der Waals surface area contributed by atoms with Crippen LogP contribution in [0.1, 0.15) is 23.1 Å². The van der Waals surface area contributed by atoms with E-state index in [4.69, 9.17) is 9.47 Å². The number of hydrogen-bond donors (Lipinski definition) is 2. The molecule has 156 valence electrons. The Hall–Kier alpha value is -3.81. The van der Waals surface area contributed by atoms with Gasteiger partial charge in [-0.25, -0.2) is 4.98 Å². The lowest BCUT2D eigenvalue weighted by molar-refractivity contribution is -0.115. The summed E-state index contributed by atoms with van der Waals surface area (Å²) in [4.78, 5) is 28.5. The van der Waals surface area contributed by atoms with Gasteiger partial charge in [-0.15, -0.1) is 0 Å². The lowest BCUT2D eigenvalue weighted by atomic mass is 10.2. The summed E-state index contributed by atoms with van der Waals surface area (Å²) in [5.41, 5.74) is 1.07. The fourth-order valence-electron chi connectivity index (χ4n) is 2.65. The van der Waals surface area contributed by atoms with Gasteiger partial charge in [0.2, 0.25) is 5.91 Å². The van der Waals surface area contributed by atoms with E-state index in [9.17, 15) is 9.59 Å². The van der Waals surface area contributed by atoms with E-state index in [1.165, 1.54) is 0 Å². The minimum absolute atomic E-state index is 0.135. The quantitative estimate of drug-likeness (QED) is 0.568.